The third kappa shape index (κ3) is 4.56. The zero-order chi connectivity index (χ0) is 15.5. The average Bonchev–Trinajstić information content (AvgIpc) is 3.10. The molecule has 0 bridgehead atoms. The summed E-state index contributed by atoms with van der Waals surface area (Å²) in [5, 5.41) is 8.31. The lowest BCUT2D eigenvalue weighted by atomic mass is 10.2. The van der Waals surface area contributed by atoms with E-state index in [4.69, 9.17) is 0 Å². The quantitative estimate of drug-likeness (QED) is 0.662. The normalized spacial score (nSPS) is 8.95. The highest BCUT2D eigenvalue weighted by atomic mass is 15.4. The van der Waals surface area contributed by atoms with Gasteiger partial charge < -0.3 is 0 Å². The van der Waals surface area contributed by atoms with E-state index < -0.39 is 0 Å². The number of hydrogen-bond donors (Lipinski definition) is 0. The molecule has 0 saturated carbocycles. The van der Waals surface area contributed by atoms with Crippen molar-refractivity contribution in [3.8, 4) is 16.9 Å². The zero-order valence-electron chi connectivity index (χ0n) is 13.2. The molecule has 3 rings (SSSR count). The minimum Gasteiger partial charge on any atom is -0.220 e. The van der Waals surface area contributed by atoms with E-state index in [2.05, 4.69) is 10.3 Å². The standard InChI is InChI=1S/C14H11N3.2C2H6/c1-3-7-12(8-4-1)14-11-17(16-15-14)13-9-5-2-6-10-13;2*1-2/h1-11H;2*1-2H3. The molecule has 0 atom stereocenters. The van der Waals surface area contributed by atoms with Crippen LogP contribution in [0.4, 0.5) is 0 Å². The van der Waals surface area contributed by atoms with E-state index in [1.165, 1.54) is 0 Å². The average molecular weight is 281 g/mol. The molecule has 0 saturated heterocycles. The fourth-order valence-electron chi connectivity index (χ4n) is 1.71. The van der Waals surface area contributed by atoms with Crippen LogP contribution >= 0.6 is 0 Å². The van der Waals surface area contributed by atoms with Crippen molar-refractivity contribution in [1.29, 1.82) is 0 Å². The van der Waals surface area contributed by atoms with E-state index in [1.807, 2.05) is 94.6 Å². The Morgan fingerprint density at radius 1 is 0.714 bits per heavy atom. The molecule has 1 aromatic heterocycles. The van der Waals surface area contributed by atoms with Gasteiger partial charge in [0.15, 0.2) is 0 Å². The van der Waals surface area contributed by atoms with Crippen molar-refractivity contribution in [2.75, 3.05) is 0 Å². The lowest BCUT2D eigenvalue weighted by molar-refractivity contribution is 0.804. The summed E-state index contributed by atoms with van der Waals surface area (Å²) in [5.41, 5.74) is 2.98. The number of hydrogen-bond acceptors (Lipinski definition) is 2. The molecule has 3 nitrogen and oxygen atoms in total. The third-order valence-electron chi connectivity index (χ3n) is 2.58. The molecule has 0 radical (unpaired) electrons. The van der Waals surface area contributed by atoms with Crippen LogP contribution in [0.25, 0.3) is 16.9 Å². The fraction of sp³-hybridized carbons (Fsp3) is 0.222. The first kappa shape index (κ1) is 16.6. The Balaban J connectivity index is 0.000000510. The van der Waals surface area contributed by atoms with Gasteiger partial charge in [-0.3, -0.25) is 0 Å². The fourth-order valence-corrected chi connectivity index (χ4v) is 1.71. The van der Waals surface area contributed by atoms with Crippen molar-refractivity contribution in [1.82, 2.24) is 15.0 Å². The molecule has 2 aromatic carbocycles. The molecule has 0 aliphatic carbocycles. The van der Waals surface area contributed by atoms with Crippen LogP contribution < -0.4 is 0 Å². The molecule has 0 unspecified atom stereocenters. The van der Waals surface area contributed by atoms with Crippen molar-refractivity contribution >= 4 is 0 Å². The van der Waals surface area contributed by atoms with Crippen molar-refractivity contribution in [3.63, 3.8) is 0 Å². The molecule has 0 aliphatic rings. The minimum atomic E-state index is 0.884. The summed E-state index contributed by atoms with van der Waals surface area (Å²) in [7, 11) is 0. The molecular formula is C18H23N3. The highest BCUT2D eigenvalue weighted by Crippen LogP contribution is 2.16. The van der Waals surface area contributed by atoms with Crippen LogP contribution in [0.5, 0.6) is 0 Å². The maximum atomic E-state index is 4.18. The molecule has 0 N–H and O–H groups in total. The van der Waals surface area contributed by atoms with Crippen molar-refractivity contribution < 1.29 is 0 Å². The third-order valence-corrected chi connectivity index (χ3v) is 2.58. The summed E-state index contributed by atoms with van der Waals surface area (Å²) in [6, 6.07) is 20.0. The summed E-state index contributed by atoms with van der Waals surface area (Å²) >= 11 is 0. The van der Waals surface area contributed by atoms with Crippen LogP contribution in [0.2, 0.25) is 0 Å². The van der Waals surface area contributed by atoms with Gasteiger partial charge in [0.1, 0.15) is 5.69 Å². The van der Waals surface area contributed by atoms with Crippen molar-refractivity contribution in [3.05, 3.63) is 66.9 Å². The number of para-hydroxylation sites is 1. The van der Waals surface area contributed by atoms with Gasteiger partial charge in [0.25, 0.3) is 0 Å². The number of rotatable bonds is 2. The lowest BCUT2D eigenvalue weighted by Gasteiger charge is -1.97. The second-order valence-corrected chi connectivity index (χ2v) is 3.75. The maximum Gasteiger partial charge on any atom is 0.113 e. The van der Waals surface area contributed by atoms with Crippen molar-refractivity contribution in [2.24, 2.45) is 0 Å². The smallest absolute Gasteiger partial charge is 0.113 e. The predicted molar refractivity (Wildman–Crippen MR) is 89.5 cm³/mol. The molecule has 1 heterocycles. The molecule has 110 valence electrons. The number of benzene rings is 2. The molecular weight excluding hydrogens is 258 g/mol. The van der Waals surface area contributed by atoms with Gasteiger partial charge in [0.05, 0.1) is 11.9 Å². The Morgan fingerprint density at radius 3 is 1.81 bits per heavy atom. The molecule has 0 spiro atoms. The van der Waals surface area contributed by atoms with Gasteiger partial charge in [0, 0.05) is 5.56 Å². The molecule has 0 aliphatic heterocycles. The van der Waals surface area contributed by atoms with E-state index in [9.17, 15) is 0 Å². The van der Waals surface area contributed by atoms with E-state index in [1.54, 1.807) is 4.68 Å². The number of aromatic nitrogens is 3. The minimum absolute atomic E-state index is 0.884. The number of nitrogens with zero attached hydrogens (tertiary/aromatic N) is 3. The summed E-state index contributed by atoms with van der Waals surface area (Å²) in [6.45, 7) is 8.00. The topological polar surface area (TPSA) is 30.7 Å². The van der Waals surface area contributed by atoms with Gasteiger partial charge in [-0.15, -0.1) is 5.10 Å². The Hall–Kier alpha value is -2.42. The first-order chi connectivity index (χ1) is 10.4. The maximum absolute atomic E-state index is 4.18. The largest absolute Gasteiger partial charge is 0.220 e. The summed E-state index contributed by atoms with van der Waals surface area (Å²) in [4.78, 5) is 0. The van der Waals surface area contributed by atoms with E-state index in [0.717, 1.165) is 16.9 Å². The first-order valence-corrected chi connectivity index (χ1v) is 7.47. The second-order valence-electron chi connectivity index (χ2n) is 3.75. The van der Waals surface area contributed by atoms with Gasteiger partial charge in [-0.2, -0.15) is 0 Å². The van der Waals surface area contributed by atoms with Gasteiger partial charge in [0.2, 0.25) is 0 Å². The van der Waals surface area contributed by atoms with Gasteiger partial charge in [-0.05, 0) is 12.1 Å². The zero-order valence-corrected chi connectivity index (χ0v) is 13.2. The van der Waals surface area contributed by atoms with E-state index in [-0.39, 0.29) is 0 Å². The Labute approximate surface area is 127 Å². The van der Waals surface area contributed by atoms with Crippen LogP contribution in [-0.2, 0) is 0 Å². The summed E-state index contributed by atoms with van der Waals surface area (Å²) < 4.78 is 1.78. The highest BCUT2D eigenvalue weighted by Gasteiger charge is 2.03. The summed E-state index contributed by atoms with van der Waals surface area (Å²) in [5.74, 6) is 0. The Kier molecular flexibility index (Phi) is 7.51. The van der Waals surface area contributed by atoms with Crippen LogP contribution in [-0.4, -0.2) is 15.0 Å². The molecule has 3 heteroatoms. The van der Waals surface area contributed by atoms with Gasteiger partial charge >= 0.3 is 0 Å². The first-order valence-electron chi connectivity index (χ1n) is 7.47. The highest BCUT2D eigenvalue weighted by molar-refractivity contribution is 5.57. The molecule has 0 fully saturated rings. The van der Waals surface area contributed by atoms with Crippen LogP contribution in [0.3, 0.4) is 0 Å². The Bertz CT molecular complexity index is 547. The van der Waals surface area contributed by atoms with Gasteiger partial charge in [-0.1, -0.05) is 81.4 Å². The van der Waals surface area contributed by atoms with Crippen LogP contribution in [0.15, 0.2) is 66.9 Å². The lowest BCUT2D eigenvalue weighted by Crippen LogP contribution is -1.93. The van der Waals surface area contributed by atoms with Gasteiger partial charge in [-0.25, -0.2) is 4.68 Å². The van der Waals surface area contributed by atoms with Crippen molar-refractivity contribution in [2.45, 2.75) is 27.7 Å². The molecule has 0 amide bonds. The second kappa shape index (κ2) is 9.48. The monoisotopic (exact) mass is 281 g/mol. The summed E-state index contributed by atoms with van der Waals surface area (Å²) in [6.07, 6.45) is 1.94. The Morgan fingerprint density at radius 2 is 1.24 bits per heavy atom. The van der Waals surface area contributed by atoms with Crippen LogP contribution in [0, 0.1) is 0 Å². The molecule has 3 aromatic rings. The van der Waals surface area contributed by atoms with E-state index in [0.29, 0.717) is 0 Å². The SMILES string of the molecule is CC.CC.c1ccc(-c2cn(-c3ccccc3)nn2)cc1. The van der Waals surface area contributed by atoms with Crippen LogP contribution in [0.1, 0.15) is 27.7 Å². The predicted octanol–water partition coefficient (Wildman–Crippen LogP) is 4.99. The molecule has 21 heavy (non-hydrogen) atoms. The van der Waals surface area contributed by atoms with E-state index >= 15 is 0 Å².